The quantitative estimate of drug-likeness (QED) is 0.590. The molecule has 0 aliphatic carbocycles. The van der Waals surface area contributed by atoms with E-state index < -0.39 is 5.25 Å². The van der Waals surface area contributed by atoms with Gasteiger partial charge in [-0.2, -0.15) is 0 Å². The summed E-state index contributed by atoms with van der Waals surface area (Å²) >= 11 is 13.3. The van der Waals surface area contributed by atoms with Gasteiger partial charge in [-0.25, -0.2) is 4.99 Å². The summed E-state index contributed by atoms with van der Waals surface area (Å²) in [4.78, 5) is 31.8. The summed E-state index contributed by atoms with van der Waals surface area (Å²) in [6.45, 7) is 4.59. The van der Waals surface area contributed by atoms with Gasteiger partial charge in [0.1, 0.15) is 5.25 Å². The summed E-state index contributed by atoms with van der Waals surface area (Å²) in [5.74, 6) is -0.390. The van der Waals surface area contributed by atoms with E-state index >= 15 is 0 Å². The summed E-state index contributed by atoms with van der Waals surface area (Å²) in [7, 11) is 1.57. The van der Waals surface area contributed by atoms with Crippen molar-refractivity contribution in [3.8, 4) is 0 Å². The van der Waals surface area contributed by atoms with Crippen LogP contribution in [0.5, 0.6) is 0 Å². The molecule has 9 heteroatoms. The number of thioether (sulfide) groups is 1. The van der Waals surface area contributed by atoms with Gasteiger partial charge in [-0.1, -0.05) is 47.1 Å². The molecular weight excluding hydrogens is 457 g/mol. The number of carbonyl (C=O) groups excluding carboxylic acids is 2. The summed E-state index contributed by atoms with van der Waals surface area (Å²) in [6, 6.07) is 10.9. The third-order valence-corrected chi connectivity index (χ3v) is 6.62. The van der Waals surface area contributed by atoms with Crippen molar-refractivity contribution in [2.75, 3.05) is 25.6 Å². The monoisotopic (exact) mass is 479 g/mol. The number of amides is 2. The molecule has 0 saturated carbocycles. The minimum atomic E-state index is -0.566. The van der Waals surface area contributed by atoms with Crippen LogP contribution < -0.4 is 5.32 Å². The Balaban J connectivity index is 1.77. The smallest absolute Gasteiger partial charge is 0.242 e. The normalized spacial score (nSPS) is 17.5. The zero-order valence-electron chi connectivity index (χ0n) is 17.4. The Kier molecular flexibility index (Phi) is 8.00. The number of benzene rings is 2. The van der Waals surface area contributed by atoms with E-state index in [4.69, 9.17) is 27.9 Å². The van der Waals surface area contributed by atoms with Crippen molar-refractivity contribution in [3.05, 3.63) is 57.6 Å². The number of hydrogen-bond donors (Lipinski definition) is 1. The average molecular weight is 480 g/mol. The molecule has 2 aromatic rings. The first-order valence-electron chi connectivity index (χ1n) is 9.66. The second-order valence-electron chi connectivity index (χ2n) is 7.15. The first kappa shape index (κ1) is 23.6. The van der Waals surface area contributed by atoms with Crippen LogP contribution in [0.3, 0.4) is 0 Å². The molecule has 6 nitrogen and oxygen atoms in total. The molecule has 0 radical (unpaired) electrons. The SMILES string of the molecule is COCCN1C(=O)C(CC(=O)Nc2cc(C)ccc2C)SC1=Nc1ccc(Cl)c(Cl)c1. The van der Waals surface area contributed by atoms with E-state index in [1.165, 1.54) is 11.8 Å². The van der Waals surface area contributed by atoms with Crippen molar-refractivity contribution >= 4 is 63.3 Å². The number of halogens is 2. The van der Waals surface area contributed by atoms with E-state index in [9.17, 15) is 9.59 Å². The van der Waals surface area contributed by atoms with E-state index in [0.29, 0.717) is 34.1 Å². The minimum Gasteiger partial charge on any atom is -0.383 e. The summed E-state index contributed by atoms with van der Waals surface area (Å²) < 4.78 is 5.13. The Morgan fingerprint density at radius 3 is 2.68 bits per heavy atom. The molecule has 31 heavy (non-hydrogen) atoms. The van der Waals surface area contributed by atoms with Gasteiger partial charge < -0.3 is 10.1 Å². The summed E-state index contributed by atoms with van der Waals surface area (Å²) in [5, 5.41) is 3.66. The number of amidine groups is 1. The molecule has 2 aromatic carbocycles. The molecular formula is C22H23Cl2N3O3S. The van der Waals surface area contributed by atoms with Crippen LogP contribution in [0.1, 0.15) is 17.5 Å². The molecule has 1 fully saturated rings. The number of nitrogens with zero attached hydrogens (tertiary/aromatic N) is 2. The molecule has 1 aliphatic rings. The first-order chi connectivity index (χ1) is 14.8. The lowest BCUT2D eigenvalue weighted by molar-refractivity contribution is -0.128. The van der Waals surface area contributed by atoms with Crippen molar-refractivity contribution < 1.29 is 14.3 Å². The summed E-state index contributed by atoms with van der Waals surface area (Å²) in [6.07, 6.45) is 0.0424. The van der Waals surface area contributed by atoms with Crippen LogP contribution in [0.15, 0.2) is 41.4 Å². The number of aliphatic imine (C=N–C) groups is 1. The van der Waals surface area contributed by atoms with E-state index in [0.717, 1.165) is 16.8 Å². The van der Waals surface area contributed by atoms with Crippen LogP contribution in [-0.2, 0) is 14.3 Å². The van der Waals surface area contributed by atoms with Crippen LogP contribution in [0.25, 0.3) is 0 Å². The predicted octanol–water partition coefficient (Wildman–Crippen LogP) is 5.22. The molecule has 0 spiro atoms. The fraction of sp³-hybridized carbons (Fsp3) is 0.318. The van der Waals surface area contributed by atoms with Crippen molar-refractivity contribution in [3.63, 3.8) is 0 Å². The highest BCUT2D eigenvalue weighted by Crippen LogP contribution is 2.33. The Morgan fingerprint density at radius 2 is 1.97 bits per heavy atom. The predicted molar refractivity (Wildman–Crippen MR) is 128 cm³/mol. The molecule has 3 rings (SSSR count). The molecule has 0 bridgehead atoms. The lowest BCUT2D eigenvalue weighted by atomic mass is 10.1. The van der Waals surface area contributed by atoms with Gasteiger partial charge in [0.15, 0.2) is 5.17 Å². The highest BCUT2D eigenvalue weighted by molar-refractivity contribution is 8.15. The molecule has 1 unspecified atom stereocenters. The van der Waals surface area contributed by atoms with Crippen molar-refractivity contribution in [2.24, 2.45) is 4.99 Å². The van der Waals surface area contributed by atoms with Gasteiger partial charge in [0, 0.05) is 19.2 Å². The first-order valence-corrected chi connectivity index (χ1v) is 11.3. The van der Waals surface area contributed by atoms with E-state index in [1.807, 2.05) is 32.0 Å². The van der Waals surface area contributed by atoms with Gasteiger partial charge in [0.2, 0.25) is 11.8 Å². The molecule has 1 saturated heterocycles. The minimum absolute atomic E-state index is 0.0424. The van der Waals surface area contributed by atoms with E-state index in [2.05, 4.69) is 10.3 Å². The number of ether oxygens (including phenoxy) is 1. The molecule has 1 N–H and O–H groups in total. The maximum atomic E-state index is 13.0. The van der Waals surface area contributed by atoms with Crippen LogP contribution in [0, 0.1) is 13.8 Å². The second kappa shape index (κ2) is 10.5. The van der Waals surface area contributed by atoms with Crippen molar-refractivity contribution in [1.82, 2.24) is 4.90 Å². The van der Waals surface area contributed by atoms with Crippen molar-refractivity contribution in [1.29, 1.82) is 0 Å². The number of anilines is 1. The van der Waals surface area contributed by atoms with Gasteiger partial charge in [-0.05, 0) is 49.2 Å². The second-order valence-corrected chi connectivity index (χ2v) is 9.14. The Morgan fingerprint density at radius 1 is 1.19 bits per heavy atom. The van der Waals surface area contributed by atoms with Crippen LogP contribution in [0.4, 0.5) is 11.4 Å². The van der Waals surface area contributed by atoms with Gasteiger partial charge in [0.05, 0.1) is 28.9 Å². The third-order valence-electron chi connectivity index (χ3n) is 4.70. The molecule has 1 heterocycles. The fourth-order valence-corrected chi connectivity index (χ4v) is 4.49. The lowest BCUT2D eigenvalue weighted by Crippen LogP contribution is -2.35. The third kappa shape index (κ3) is 6.01. The zero-order chi connectivity index (χ0) is 22.5. The number of aryl methyl sites for hydroxylation is 2. The number of nitrogens with one attached hydrogen (secondary N) is 1. The van der Waals surface area contributed by atoms with E-state index in [-0.39, 0.29) is 18.2 Å². The van der Waals surface area contributed by atoms with Crippen LogP contribution in [-0.4, -0.2) is 47.4 Å². The topological polar surface area (TPSA) is 71.0 Å². The number of rotatable bonds is 7. The number of carbonyl (C=O) groups is 2. The fourth-order valence-electron chi connectivity index (χ4n) is 3.02. The van der Waals surface area contributed by atoms with Crippen LogP contribution in [0.2, 0.25) is 10.0 Å². The standard InChI is InChI=1S/C22H23Cl2N3O3S/c1-13-4-5-14(2)18(10-13)26-20(28)12-19-21(29)27(8-9-30-3)22(31-19)25-15-6-7-16(23)17(24)11-15/h4-7,10-11,19H,8-9,12H2,1-3H3,(H,26,28). The molecule has 164 valence electrons. The van der Waals surface area contributed by atoms with Gasteiger partial charge in [-0.15, -0.1) is 0 Å². The summed E-state index contributed by atoms with van der Waals surface area (Å²) in [5.41, 5.74) is 3.34. The highest BCUT2D eigenvalue weighted by atomic mass is 35.5. The molecule has 0 aromatic heterocycles. The van der Waals surface area contributed by atoms with Gasteiger partial charge in [0.25, 0.3) is 0 Å². The van der Waals surface area contributed by atoms with Crippen LogP contribution >= 0.6 is 35.0 Å². The maximum Gasteiger partial charge on any atom is 0.242 e. The molecule has 1 atom stereocenters. The number of hydrogen-bond acceptors (Lipinski definition) is 5. The zero-order valence-corrected chi connectivity index (χ0v) is 19.8. The Bertz CT molecular complexity index is 1030. The Labute approximate surface area is 196 Å². The maximum absolute atomic E-state index is 13.0. The van der Waals surface area contributed by atoms with E-state index in [1.54, 1.807) is 30.2 Å². The molecule has 2 amide bonds. The lowest BCUT2D eigenvalue weighted by Gasteiger charge is -2.16. The number of methoxy groups -OCH3 is 1. The van der Waals surface area contributed by atoms with Gasteiger partial charge in [-0.3, -0.25) is 14.5 Å². The van der Waals surface area contributed by atoms with Crippen molar-refractivity contribution in [2.45, 2.75) is 25.5 Å². The van der Waals surface area contributed by atoms with Gasteiger partial charge >= 0.3 is 0 Å². The Hall–Kier alpha value is -2.06. The average Bonchev–Trinajstić information content (AvgIpc) is 3.00. The molecule has 1 aliphatic heterocycles. The highest BCUT2D eigenvalue weighted by Gasteiger charge is 2.39. The largest absolute Gasteiger partial charge is 0.383 e.